The molecule has 140 valence electrons. The third-order valence-electron chi connectivity index (χ3n) is 4.30. The Morgan fingerprint density at radius 2 is 1.65 bits per heavy atom. The molecular weight excluding hydrogens is 324 g/mol. The van der Waals surface area contributed by atoms with E-state index in [9.17, 15) is 4.79 Å². The normalized spacial score (nSPS) is 10.8. The second-order valence-corrected chi connectivity index (χ2v) is 6.79. The third-order valence-corrected chi connectivity index (χ3v) is 4.30. The molecule has 0 radical (unpaired) electrons. The summed E-state index contributed by atoms with van der Waals surface area (Å²) in [6.45, 7) is 4.59. The largest absolute Gasteiger partial charge is 0.493 e. The molecule has 0 saturated carbocycles. The van der Waals surface area contributed by atoms with Gasteiger partial charge in [-0.25, -0.2) is 0 Å². The van der Waals surface area contributed by atoms with Gasteiger partial charge in [0, 0.05) is 32.1 Å². The molecule has 2 aromatic rings. The number of ether oxygens (including phenoxy) is 1. The zero-order valence-corrected chi connectivity index (χ0v) is 16.1. The quantitative estimate of drug-likeness (QED) is 0.611. The van der Waals surface area contributed by atoms with Gasteiger partial charge in [-0.1, -0.05) is 48.5 Å². The average Bonchev–Trinajstić information content (AvgIpc) is 2.63. The van der Waals surface area contributed by atoms with E-state index in [4.69, 9.17) is 4.74 Å². The van der Waals surface area contributed by atoms with Crippen LogP contribution < -0.4 is 4.74 Å². The van der Waals surface area contributed by atoms with E-state index in [1.807, 2.05) is 47.4 Å². The van der Waals surface area contributed by atoms with Crippen molar-refractivity contribution in [1.29, 1.82) is 0 Å². The summed E-state index contributed by atoms with van der Waals surface area (Å²) in [4.78, 5) is 16.1. The van der Waals surface area contributed by atoms with Crippen LogP contribution in [0.5, 0.6) is 5.75 Å². The molecule has 0 fully saturated rings. The Bertz CT molecular complexity index is 671. The van der Waals surface area contributed by atoms with Crippen LogP contribution in [0.1, 0.15) is 24.5 Å². The summed E-state index contributed by atoms with van der Waals surface area (Å²) in [5.41, 5.74) is 2.30. The fourth-order valence-electron chi connectivity index (χ4n) is 2.80. The Hall–Kier alpha value is -2.33. The van der Waals surface area contributed by atoms with Crippen molar-refractivity contribution in [3.63, 3.8) is 0 Å². The van der Waals surface area contributed by atoms with Gasteiger partial charge in [-0.05, 0) is 38.6 Å². The number of benzene rings is 2. The third kappa shape index (κ3) is 6.89. The van der Waals surface area contributed by atoms with Crippen molar-refractivity contribution >= 4 is 5.91 Å². The van der Waals surface area contributed by atoms with E-state index in [1.165, 1.54) is 5.56 Å². The second-order valence-electron chi connectivity index (χ2n) is 6.79. The zero-order valence-electron chi connectivity index (χ0n) is 16.1. The van der Waals surface area contributed by atoms with Gasteiger partial charge >= 0.3 is 0 Å². The molecule has 0 aliphatic heterocycles. The Morgan fingerprint density at radius 3 is 2.35 bits per heavy atom. The highest BCUT2D eigenvalue weighted by Crippen LogP contribution is 2.20. The fraction of sp³-hybridized carbons (Fsp3) is 0.409. The van der Waals surface area contributed by atoms with Crippen molar-refractivity contribution in [1.82, 2.24) is 9.80 Å². The van der Waals surface area contributed by atoms with Crippen molar-refractivity contribution in [3.8, 4) is 5.75 Å². The molecule has 0 aliphatic rings. The monoisotopic (exact) mass is 354 g/mol. The summed E-state index contributed by atoms with van der Waals surface area (Å²) >= 11 is 0. The van der Waals surface area contributed by atoms with E-state index in [0.29, 0.717) is 19.7 Å². The molecule has 0 heterocycles. The maximum Gasteiger partial charge on any atom is 0.219 e. The Morgan fingerprint density at radius 1 is 0.962 bits per heavy atom. The predicted molar refractivity (Wildman–Crippen MR) is 106 cm³/mol. The smallest absolute Gasteiger partial charge is 0.219 e. The first-order chi connectivity index (χ1) is 12.6. The van der Waals surface area contributed by atoms with Crippen LogP contribution in [0.15, 0.2) is 54.6 Å². The number of rotatable bonds is 10. The Balaban J connectivity index is 1.96. The summed E-state index contributed by atoms with van der Waals surface area (Å²) < 4.78 is 5.97. The highest BCUT2D eigenvalue weighted by atomic mass is 16.5. The lowest BCUT2D eigenvalue weighted by molar-refractivity contribution is -0.129. The predicted octanol–water partition coefficient (Wildman–Crippen LogP) is 3.61. The highest BCUT2D eigenvalue weighted by Gasteiger charge is 2.12. The Labute approximate surface area is 157 Å². The molecule has 4 heteroatoms. The van der Waals surface area contributed by atoms with Gasteiger partial charge in [-0.3, -0.25) is 4.79 Å². The van der Waals surface area contributed by atoms with Crippen molar-refractivity contribution in [2.24, 2.45) is 0 Å². The van der Waals surface area contributed by atoms with Gasteiger partial charge in [0.05, 0.1) is 6.61 Å². The first-order valence-electron chi connectivity index (χ1n) is 9.21. The summed E-state index contributed by atoms with van der Waals surface area (Å²) in [7, 11) is 4.12. The topological polar surface area (TPSA) is 32.8 Å². The van der Waals surface area contributed by atoms with E-state index in [0.717, 1.165) is 30.7 Å². The van der Waals surface area contributed by atoms with Crippen molar-refractivity contribution in [2.75, 3.05) is 33.8 Å². The SMILES string of the molecule is CC(=O)N(CCc1ccccc1)Cc1ccccc1OCCCN(C)C. The van der Waals surface area contributed by atoms with Crippen LogP contribution in [-0.2, 0) is 17.8 Å². The molecule has 0 spiro atoms. The molecule has 4 nitrogen and oxygen atoms in total. The lowest BCUT2D eigenvalue weighted by Gasteiger charge is -2.23. The summed E-state index contributed by atoms with van der Waals surface area (Å²) in [5.74, 6) is 0.959. The van der Waals surface area contributed by atoms with Gasteiger partial charge in [0.15, 0.2) is 0 Å². The van der Waals surface area contributed by atoms with Gasteiger partial charge in [-0.15, -0.1) is 0 Å². The number of para-hydroxylation sites is 1. The maximum atomic E-state index is 12.1. The molecule has 0 atom stereocenters. The van der Waals surface area contributed by atoms with Gasteiger partial charge in [-0.2, -0.15) is 0 Å². The molecule has 26 heavy (non-hydrogen) atoms. The lowest BCUT2D eigenvalue weighted by atomic mass is 10.1. The van der Waals surface area contributed by atoms with Crippen molar-refractivity contribution in [3.05, 3.63) is 65.7 Å². The lowest BCUT2D eigenvalue weighted by Crippen LogP contribution is -2.30. The Kier molecular flexibility index (Phi) is 8.16. The van der Waals surface area contributed by atoms with Crippen LogP contribution in [0, 0.1) is 0 Å². The van der Waals surface area contributed by atoms with Crippen LogP contribution >= 0.6 is 0 Å². The van der Waals surface area contributed by atoms with E-state index in [2.05, 4.69) is 31.1 Å². The van der Waals surface area contributed by atoms with E-state index in [1.54, 1.807) is 6.92 Å². The van der Waals surface area contributed by atoms with Crippen LogP contribution in [0.3, 0.4) is 0 Å². The van der Waals surface area contributed by atoms with E-state index in [-0.39, 0.29) is 5.91 Å². The minimum atomic E-state index is 0.0864. The first-order valence-corrected chi connectivity index (χ1v) is 9.21. The highest BCUT2D eigenvalue weighted by molar-refractivity contribution is 5.73. The number of carbonyl (C=O) groups is 1. The molecule has 0 unspecified atom stereocenters. The van der Waals surface area contributed by atoms with Crippen molar-refractivity contribution in [2.45, 2.75) is 26.3 Å². The molecule has 1 amide bonds. The molecular formula is C22H30N2O2. The van der Waals surface area contributed by atoms with Gasteiger partial charge in [0.1, 0.15) is 5.75 Å². The second kappa shape index (κ2) is 10.6. The minimum Gasteiger partial charge on any atom is -0.493 e. The summed E-state index contributed by atoms with van der Waals surface area (Å²) in [6.07, 6.45) is 1.83. The average molecular weight is 354 g/mol. The van der Waals surface area contributed by atoms with Crippen LogP contribution in [0.2, 0.25) is 0 Å². The molecule has 2 aromatic carbocycles. The first kappa shape index (κ1) is 20.0. The number of amides is 1. The molecule has 0 aliphatic carbocycles. The van der Waals surface area contributed by atoms with Crippen molar-refractivity contribution < 1.29 is 9.53 Å². The molecule has 0 aromatic heterocycles. The van der Waals surface area contributed by atoms with Gasteiger partial charge in [0.25, 0.3) is 0 Å². The number of hydrogen-bond donors (Lipinski definition) is 0. The molecule has 0 bridgehead atoms. The van der Waals surface area contributed by atoms with E-state index >= 15 is 0 Å². The van der Waals surface area contributed by atoms with Crippen LogP contribution in [0.25, 0.3) is 0 Å². The zero-order chi connectivity index (χ0) is 18.8. The molecule has 2 rings (SSSR count). The summed E-state index contributed by atoms with van der Waals surface area (Å²) in [6, 6.07) is 18.3. The van der Waals surface area contributed by atoms with Crippen LogP contribution in [0.4, 0.5) is 0 Å². The standard InChI is InChI=1S/C22H30N2O2/c1-19(25)24(16-14-20-10-5-4-6-11-20)18-21-12-7-8-13-22(21)26-17-9-15-23(2)3/h4-8,10-13H,9,14-18H2,1-3H3. The fourth-order valence-corrected chi connectivity index (χ4v) is 2.80. The summed E-state index contributed by atoms with van der Waals surface area (Å²) in [5, 5.41) is 0. The minimum absolute atomic E-state index is 0.0864. The van der Waals surface area contributed by atoms with Gasteiger partial charge in [0.2, 0.25) is 5.91 Å². The molecule has 0 saturated heterocycles. The van der Waals surface area contributed by atoms with Crippen LogP contribution in [-0.4, -0.2) is 49.5 Å². The number of carbonyl (C=O) groups excluding carboxylic acids is 1. The van der Waals surface area contributed by atoms with E-state index < -0.39 is 0 Å². The number of hydrogen-bond acceptors (Lipinski definition) is 3. The molecule has 0 N–H and O–H groups in total. The van der Waals surface area contributed by atoms with Gasteiger partial charge < -0.3 is 14.5 Å². The number of nitrogens with zero attached hydrogens (tertiary/aromatic N) is 2. The maximum absolute atomic E-state index is 12.1.